The van der Waals surface area contributed by atoms with Crippen molar-refractivity contribution in [2.45, 2.75) is 12.5 Å². The van der Waals surface area contributed by atoms with Gasteiger partial charge >= 0.3 is 0 Å². The number of methoxy groups -OCH3 is 3. The Morgan fingerprint density at radius 2 is 1.54 bits per heavy atom. The summed E-state index contributed by atoms with van der Waals surface area (Å²) in [5.74, 6) is 1.09. The molecule has 35 heavy (non-hydrogen) atoms. The van der Waals surface area contributed by atoms with Gasteiger partial charge in [0.25, 0.3) is 5.91 Å². The van der Waals surface area contributed by atoms with Crippen LogP contribution in [0.25, 0.3) is 0 Å². The molecule has 0 aromatic heterocycles. The largest absolute Gasteiger partial charge is 0.497 e. The summed E-state index contributed by atoms with van der Waals surface area (Å²) in [6.07, 6.45) is 0. The third-order valence-corrected chi connectivity index (χ3v) is 6.43. The minimum atomic E-state index is -0.443. The van der Waals surface area contributed by atoms with Crippen molar-refractivity contribution in [3.8, 4) is 17.2 Å². The standard InChI is InChI=1S/C28H30N2O5/c1-33-21-11-9-20(10-12-21)28(32)30-17-24(23-15-22(34-2)13-14-26(23)35-3)25(18-30)27(31)29-16-19-7-5-4-6-8-19/h4-15,24-25H,16-18H2,1-3H3,(H,29,31). The molecule has 0 saturated carbocycles. The Hall–Kier alpha value is -4.00. The lowest BCUT2D eigenvalue weighted by atomic mass is 9.87. The van der Waals surface area contributed by atoms with Crippen LogP contribution < -0.4 is 19.5 Å². The fourth-order valence-corrected chi connectivity index (χ4v) is 4.51. The van der Waals surface area contributed by atoms with E-state index in [0.717, 1.165) is 11.1 Å². The molecule has 3 aromatic carbocycles. The molecule has 3 aromatic rings. The molecule has 0 radical (unpaired) electrons. The SMILES string of the molecule is COc1ccc(C(=O)N2CC(C(=O)NCc3ccccc3)C(c3cc(OC)ccc3OC)C2)cc1. The number of rotatable bonds is 8. The molecule has 7 heteroatoms. The molecular formula is C28H30N2O5. The number of likely N-dealkylation sites (tertiary alicyclic amines) is 1. The third kappa shape index (κ3) is 5.40. The highest BCUT2D eigenvalue weighted by Gasteiger charge is 2.42. The number of hydrogen-bond donors (Lipinski definition) is 1. The molecule has 2 unspecified atom stereocenters. The number of carbonyl (C=O) groups is 2. The van der Waals surface area contributed by atoms with Crippen molar-refractivity contribution >= 4 is 11.8 Å². The normalized spacial score (nSPS) is 17.1. The van der Waals surface area contributed by atoms with E-state index < -0.39 is 5.92 Å². The van der Waals surface area contributed by atoms with Gasteiger partial charge in [-0.15, -0.1) is 0 Å². The average Bonchev–Trinajstić information content (AvgIpc) is 3.37. The van der Waals surface area contributed by atoms with Crippen LogP contribution in [0.2, 0.25) is 0 Å². The van der Waals surface area contributed by atoms with Crippen molar-refractivity contribution in [1.82, 2.24) is 10.2 Å². The van der Waals surface area contributed by atoms with Gasteiger partial charge in [-0.3, -0.25) is 9.59 Å². The zero-order valence-electron chi connectivity index (χ0n) is 20.2. The van der Waals surface area contributed by atoms with Crippen LogP contribution >= 0.6 is 0 Å². The van der Waals surface area contributed by atoms with Crippen molar-refractivity contribution in [3.63, 3.8) is 0 Å². The van der Waals surface area contributed by atoms with Gasteiger partial charge in [0, 0.05) is 36.7 Å². The molecule has 4 rings (SSSR count). The van der Waals surface area contributed by atoms with E-state index in [1.165, 1.54) is 0 Å². The summed E-state index contributed by atoms with van der Waals surface area (Å²) in [7, 11) is 4.79. The summed E-state index contributed by atoms with van der Waals surface area (Å²) in [5.41, 5.74) is 2.41. The van der Waals surface area contributed by atoms with E-state index in [-0.39, 0.29) is 17.7 Å². The maximum absolute atomic E-state index is 13.4. The van der Waals surface area contributed by atoms with E-state index >= 15 is 0 Å². The van der Waals surface area contributed by atoms with Gasteiger partial charge in [0.1, 0.15) is 17.2 Å². The summed E-state index contributed by atoms with van der Waals surface area (Å²) in [5, 5.41) is 3.06. The smallest absolute Gasteiger partial charge is 0.253 e. The van der Waals surface area contributed by atoms with E-state index in [0.29, 0.717) is 42.4 Å². The average molecular weight is 475 g/mol. The monoisotopic (exact) mass is 474 g/mol. The van der Waals surface area contributed by atoms with Crippen LogP contribution in [-0.4, -0.2) is 51.1 Å². The van der Waals surface area contributed by atoms with Gasteiger partial charge in [-0.05, 0) is 48.0 Å². The highest BCUT2D eigenvalue weighted by molar-refractivity contribution is 5.95. The Kier molecular flexibility index (Phi) is 7.55. The van der Waals surface area contributed by atoms with Crippen LogP contribution in [0.5, 0.6) is 17.2 Å². The minimum Gasteiger partial charge on any atom is -0.497 e. The van der Waals surface area contributed by atoms with Crippen LogP contribution in [0.15, 0.2) is 72.8 Å². The van der Waals surface area contributed by atoms with Crippen molar-refractivity contribution in [2.24, 2.45) is 5.92 Å². The lowest BCUT2D eigenvalue weighted by Crippen LogP contribution is -2.35. The Morgan fingerprint density at radius 3 is 2.20 bits per heavy atom. The second kappa shape index (κ2) is 11.0. The van der Waals surface area contributed by atoms with Gasteiger partial charge in [0.2, 0.25) is 5.91 Å². The minimum absolute atomic E-state index is 0.103. The predicted molar refractivity (Wildman–Crippen MR) is 133 cm³/mol. The highest BCUT2D eigenvalue weighted by atomic mass is 16.5. The first kappa shape index (κ1) is 24.1. The second-order valence-corrected chi connectivity index (χ2v) is 8.46. The fourth-order valence-electron chi connectivity index (χ4n) is 4.51. The van der Waals surface area contributed by atoms with Crippen molar-refractivity contribution < 1.29 is 23.8 Å². The number of ether oxygens (including phenoxy) is 3. The van der Waals surface area contributed by atoms with Crippen LogP contribution in [-0.2, 0) is 11.3 Å². The van der Waals surface area contributed by atoms with E-state index in [9.17, 15) is 9.59 Å². The number of amides is 2. The Bertz CT molecular complexity index is 1160. The molecule has 1 aliphatic rings. The van der Waals surface area contributed by atoms with Gasteiger partial charge in [-0.2, -0.15) is 0 Å². The Balaban J connectivity index is 1.61. The molecule has 0 aliphatic carbocycles. The zero-order chi connectivity index (χ0) is 24.8. The zero-order valence-corrected chi connectivity index (χ0v) is 20.2. The van der Waals surface area contributed by atoms with Crippen molar-refractivity contribution in [2.75, 3.05) is 34.4 Å². The molecule has 182 valence electrons. The number of nitrogens with zero attached hydrogens (tertiary/aromatic N) is 1. The molecule has 1 N–H and O–H groups in total. The summed E-state index contributed by atoms with van der Waals surface area (Å²) in [6, 6.07) is 22.3. The van der Waals surface area contributed by atoms with Crippen LogP contribution in [0.4, 0.5) is 0 Å². The third-order valence-electron chi connectivity index (χ3n) is 6.43. The van der Waals surface area contributed by atoms with E-state index in [1.807, 2.05) is 48.5 Å². The van der Waals surface area contributed by atoms with Gasteiger partial charge in [0.15, 0.2) is 0 Å². The lowest BCUT2D eigenvalue weighted by molar-refractivity contribution is -0.125. The summed E-state index contributed by atoms with van der Waals surface area (Å²) in [6.45, 7) is 1.11. The Morgan fingerprint density at radius 1 is 0.857 bits per heavy atom. The van der Waals surface area contributed by atoms with E-state index in [4.69, 9.17) is 14.2 Å². The molecule has 2 amide bonds. The van der Waals surface area contributed by atoms with Gasteiger partial charge in [-0.1, -0.05) is 30.3 Å². The number of carbonyl (C=O) groups excluding carboxylic acids is 2. The molecule has 2 atom stereocenters. The van der Waals surface area contributed by atoms with Crippen LogP contribution in [0.3, 0.4) is 0 Å². The molecule has 0 bridgehead atoms. The van der Waals surface area contributed by atoms with Gasteiger partial charge in [-0.25, -0.2) is 0 Å². The van der Waals surface area contributed by atoms with E-state index in [1.54, 1.807) is 50.5 Å². The molecule has 1 aliphatic heterocycles. The molecule has 0 spiro atoms. The van der Waals surface area contributed by atoms with E-state index in [2.05, 4.69) is 5.32 Å². The quantitative estimate of drug-likeness (QED) is 0.536. The maximum Gasteiger partial charge on any atom is 0.253 e. The number of hydrogen-bond acceptors (Lipinski definition) is 5. The Labute approximate surface area is 205 Å². The number of benzene rings is 3. The molecule has 1 saturated heterocycles. The maximum atomic E-state index is 13.4. The summed E-state index contributed by atoms with van der Waals surface area (Å²) < 4.78 is 16.3. The first-order valence-corrected chi connectivity index (χ1v) is 11.5. The van der Waals surface area contributed by atoms with Gasteiger partial charge < -0.3 is 24.4 Å². The molecular weight excluding hydrogens is 444 g/mol. The first-order chi connectivity index (χ1) is 17.0. The van der Waals surface area contributed by atoms with Crippen LogP contribution in [0.1, 0.15) is 27.4 Å². The molecule has 7 nitrogen and oxygen atoms in total. The predicted octanol–water partition coefficient (Wildman–Crippen LogP) is 3.88. The molecule has 1 fully saturated rings. The van der Waals surface area contributed by atoms with Gasteiger partial charge in [0.05, 0.1) is 27.2 Å². The van der Waals surface area contributed by atoms with Crippen molar-refractivity contribution in [3.05, 3.63) is 89.5 Å². The van der Waals surface area contributed by atoms with Crippen LogP contribution in [0, 0.1) is 5.92 Å². The first-order valence-electron chi connectivity index (χ1n) is 11.5. The number of nitrogens with one attached hydrogen (secondary N) is 1. The topological polar surface area (TPSA) is 77.1 Å². The van der Waals surface area contributed by atoms with Crippen molar-refractivity contribution in [1.29, 1.82) is 0 Å². The second-order valence-electron chi connectivity index (χ2n) is 8.46. The lowest BCUT2D eigenvalue weighted by Gasteiger charge is -2.21. The highest BCUT2D eigenvalue weighted by Crippen LogP contribution is 2.40. The summed E-state index contributed by atoms with van der Waals surface area (Å²) in [4.78, 5) is 28.5. The summed E-state index contributed by atoms with van der Waals surface area (Å²) >= 11 is 0. The fraction of sp³-hybridized carbons (Fsp3) is 0.286. The molecule has 1 heterocycles.